The third-order valence-corrected chi connectivity index (χ3v) is 3.87. The number of alkyl halides is 3. The van der Waals surface area contributed by atoms with Gasteiger partial charge in [0.15, 0.2) is 0 Å². The molecule has 6 heteroatoms. The molecule has 1 aliphatic rings. The first-order valence-corrected chi connectivity index (χ1v) is 7.09. The van der Waals surface area contributed by atoms with Gasteiger partial charge in [0.2, 0.25) is 0 Å². The van der Waals surface area contributed by atoms with Gasteiger partial charge in [-0.1, -0.05) is 12.1 Å². The fourth-order valence-electron chi connectivity index (χ4n) is 2.58. The van der Waals surface area contributed by atoms with Gasteiger partial charge in [-0.25, -0.2) is 0 Å². The zero-order valence-corrected chi connectivity index (χ0v) is 12.0. The van der Waals surface area contributed by atoms with Crippen LogP contribution in [-0.2, 0) is 10.9 Å². The number of benzene rings is 1. The molecule has 3 nitrogen and oxygen atoms in total. The molecule has 1 heterocycles. The van der Waals surface area contributed by atoms with Crippen LogP contribution in [0.2, 0.25) is 0 Å². The van der Waals surface area contributed by atoms with Crippen LogP contribution in [0.4, 0.5) is 13.2 Å². The molecule has 0 saturated carbocycles. The van der Waals surface area contributed by atoms with Crippen LogP contribution >= 0.6 is 0 Å². The summed E-state index contributed by atoms with van der Waals surface area (Å²) < 4.78 is 43.9. The van der Waals surface area contributed by atoms with Crippen LogP contribution in [0.5, 0.6) is 0 Å². The van der Waals surface area contributed by atoms with Crippen molar-refractivity contribution in [1.82, 2.24) is 5.32 Å². The number of halogens is 3. The van der Waals surface area contributed by atoms with Crippen LogP contribution < -0.4 is 11.1 Å². The maximum Gasteiger partial charge on any atom is 0.416 e. The monoisotopic (exact) mass is 302 g/mol. The third-order valence-electron chi connectivity index (χ3n) is 3.87. The molecule has 1 aromatic rings. The number of ether oxygens (including phenoxy) is 1. The van der Waals surface area contributed by atoms with E-state index in [4.69, 9.17) is 10.5 Å². The lowest BCUT2D eigenvalue weighted by atomic mass is 10.00. The summed E-state index contributed by atoms with van der Waals surface area (Å²) in [5, 5.41) is 3.23. The quantitative estimate of drug-likeness (QED) is 0.879. The highest BCUT2D eigenvalue weighted by atomic mass is 19.4. The van der Waals surface area contributed by atoms with Gasteiger partial charge in [0, 0.05) is 25.7 Å². The van der Waals surface area contributed by atoms with Gasteiger partial charge in [0.25, 0.3) is 0 Å². The molecule has 1 aromatic carbocycles. The van der Waals surface area contributed by atoms with E-state index in [9.17, 15) is 13.2 Å². The van der Waals surface area contributed by atoms with Crippen LogP contribution in [0.15, 0.2) is 24.3 Å². The van der Waals surface area contributed by atoms with Crippen molar-refractivity contribution >= 4 is 0 Å². The molecule has 2 unspecified atom stereocenters. The van der Waals surface area contributed by atoms with Gasteiger partial charge in [-0.05, 0) is 37.5 Å². The summed E-state index contributed by atoms with van der Waals surface area (Å²) in [6.07, 6.45) is -2.38. The minimum absolute atomic E-state index is 0.234. The van der Waals surface area contributed by atoms with Gasteiger partial charge in [0.1, 0.15) is 0 Å². The van der Waals surface area contributed by atoms with E-state index in [1.807, 2.05) is 6.92 Å². The normalized spacial score (nSPS) is 24.2. The predicted molar refractivity (Wildman–Crippen MR) is 74.8 cm³/mol. The van der Waals surface area contributed by atoms with Crippen LogP contribution in [0.25, 0.3) is 0 Å². The Labute approximate surface area is 122 Å². The van der Waals surface area contributed by atoms with E-state index in [1.54, 1.807) is 6.07 Å². The minimum atomic E-state index is -4.34. The van der Waals surface area contributed by atoms with Crippen molar-refractivity contribution in [3.8, 4) is 0 Å². The number of hydrogen-bond acceptors (Lipinski definition) is 3. The molecular weight excluding hydrogens is 281 g/mol. The summed E-state index contributed by atoms with van der Waals surface area (Å²) in [6.45, 7) is 3.55. The molecule has 3 N–H and O–H groups in total. The van der Waals surface area contributed by atoms with Crippen molar-refractivity contribution in [2.45, 2.75) is 37.6 Å². The van der Waals surface area contributed by atoms with Gasteiger partial charge in [0.05, 0.1) is 11.2 Å². The summed E-state index contributed by atoms with van der Waals surface area (Å²) in [7, 11) is 0. The van der Waals surface area contributed by atoms with Crippen LogP contribution in [0.1, 0.15) is 36.9 Å². The summed E-state index contributed by atoms with van der Waals surface area (Å²) in [5.41, 5.74) is 5.35. The highest BCUT2D eigenvalue weighted by Gasteiger charge is 2.32. The molecule has 0 aliphatic carbocycles. The van der Waals surface area contributed by atoms with E-state index in [1.165, 1.54) is 6.07 Å². The maximum absolute atomic E-state index is 12.8. The van der Waals surface area contributed by atoms with Crippen molar-refractivity contribution in [3.63, 3.8) is 0 Å². The average molecular weight is 302 g/mol. The van der Waals surface area contributed by atoms with Crippen molar-refractivity contribution in [2.75, 3.05) is 19.7 Å². The Balaban J connectivity index is 2.07. The Kier molecular flexibility index (Phi) is 4.91. The molecule has 1 aliphatic heterocycles. The molecule has 0 spiro atoms. The molecule has 0 amide bonds. The largest absolute Gasteiger partial charge is 0.416 e. The highest BCUT2D eigenvalue weighted by Crippen LogP contribution is 2.31. The Morgan fingerprint density at radius 1 is 1.43 bits per heavy atom. The van der Waals surface area contributed by atoms with Crippen LogP contribution in [0, 0.1) is 0 Å². The second kappa shape index (κ2) is 6.34. The Morgan fingerprint density at radius 2 is 2.19 bits per heavy atom. The molecular formula is C15H21F3N2O. The molecule has 0 bridgehead atoms. The smallest absolute Gasteiger partial charge is 0.374 e. The lowest BCUT2D eigenvalue weighted by Gasteiger charge is -2.27. The molecule has 21 heavy (non-hydrogen) atoms. The Morgan fingerprint density at radius 3 is 2.76 bits per heavy atom. The highest BCUT2D eigenvalue weighted by molar-refractivity contribution is 5.28. The fourth-order valence-corrected chi connectivity index (χ4v) is 2.58. The van der Waals surface area contributed by atoms with Gasteiger partial charge < -0.3 is 15.8 Å². The maximum atomic E-state index is 12.8. The molecule has 118 valence electrons. The summed E-state index contributed by atoms with van der Waals surface area (Å²) in [4.78, 5) is 0. The van der Waals surface area contributed by atoms with E-state index < -0.39 is 11.7 Å². The number of nitrogens with one attached hydrogen (secondary N) is 1. The van der Waals surface area contributed by atoms with Gasteiger partial charge in [-0.15, -0.1) is 0 Å². The molecule has 0 radical (unpaired) electrons. The second-order valence-corrected chi connectivity index (χ2v) is 5.69. The molecule has 0 aromatic heterocycles. The van der Waals surface area contributed by atoms with E-state index in [0.29, 0.717) is 12.1 Å². The van der Waals surface area contributed by atoms with Crippen LogP contribution in [-0.4, -0.2) is 25.3 Å². The first kappa shape index (κ1) is 16.3. The zero-order valence-electron chi connectivity index (χ0n) is 12.0. The third kappa shape index (κ3) is 4.18. The number of nitrogens with two attached hydrogens (primary N) is 1. The first-order valence-electron chi connectivity index (χ1n) is 7.09. The van der Waals surface area contributed by atoms with Crippen molar-refractivity contribution in [3.05, 3.63) is 35.4 Å². The van der Waals surface area contributed by atoms with E-state index in [0.717, 1.165) is 31.6 Å². The number of rotatable bonds is 5. The summed E-state index contributed by atoms with van der Waals surface area (Å²) in [5.74, 6) is 0. The predicted octanol–water partition coefficient (Wildman–Crippen LogP) is 2.86. The minimum Gasteiger partial charge on any atom is -0.374 e. The van der Waals surface area contributed by atoms with Crippen LogP contribution in [0.3, 0.4) is 0 Å². The fraction of sp³-hybridized carbons (Fsp3) is 0.600. The first-order chi connectivity index (χ1) is 9.84. The average Bonchev–Trinajstić information content (AvgIpc) is 2.86. The van der Waals surface area contributed by atoms with E-state index in [2.05, 4.69) is 5.32 Å². The summed E-state index contributed by atoms with van der Waals surface area (Å²) >= 11 is 0. The molecule has 2 atom stereocenters. The molecule has 1 fully saturated rings. The van der Waals surface area contributed by atoms with Crippen molar-refractivity contribution in [2.24, 2.45) is 5.73 Å². The van der Waals surface area contributed by atoms with E-state index in [-0.39, 0.29) is 18.2 Å². The lowest BCUT2D eigenvalue weighted by Crippen LogP contribution is -2.41. The zero-order chi connectivity index (χ0) is 15.5. The Hall–Kier alpha value is -1.11. The van der Waals surface area contributed by atoms with Gasteiger partial charge >= 0.3 is 6.18 Å². The Bertz CT molecular complexity index is 470. The topological polar surface area (TPSA) is 47.3 Å². The van der Waals surface area contributed by atoms with Crippen molar-refractivity contribution < 1.29 is 17.9 Å². The van der Waals surface area contributed by atoms with Gasteiger partial charge in [-0.3, -0.25) is 0 Å². The standard InChI is InChI=1S/C15H21F3N2O/c1-14(6-3-7-21-14)10-20-13(9-19)11-4-2-5-12(8-11)15(16,17)18/h2,4-5,8,13,20H,3,6-7,9-10,19H2,1H3. The van der Waals surface area contributed by atoms with Gasteiger partial charge in [-0.2, -0.15) is 13.2 Å². The molecule has 1 saturated heterocycles. The van der Waals surface area contributed by atoms with Crippen molar-refractivity contribution in [1.29, 1.82) is 0 Å². The molecule has 2 rings (SSSR count). The number of hydrogen-bond donors (Lipinski definition) is 2. The van der Waals surface area contributed by atoms with E-state index >= 15 is 0 Å². The summed E-state index contributed by atoms with van der Waals surface area (Å²) in [6, 6.07) is 4.99. The lowest BCUT2D eigenvalue weighted by molar-refractivity contribution is -0.137. The SMILES string of the molecule is CC1(CNC(CN)c2cccc(C(F)(F)F)c2)CCCO1. The second-order valence-electron chi connectivity index (χ2n) is 5.69.